The first-order valence-corrected chi connectivity index (χ1v) is 6.00. The number of aromatic amines is 1. The van der Waals surface area contributed by atoms with E-state index >= 15 is 0 Å². The van der Waals surface area contributed by atoms with Gasteiger partial charge in [-0.05, 0) is 38.0 Å². The van der Waals surface area contributed by atoms with Gasteiger partial charge in [0.15, 0.2) is 0 Å². The van der Waals surface area contributed by atoms with Crippen molar-refractivity contribution in [2.24, 2.45) is 0 Å². The fourth-order valence-corrected chi connectivity index (χ4v) is 2.18. The molecule has 2 rings (SSSR count). The van der Waals surface area contributed by atoms with Gasteiger partial charge in [-0.25, -0.2) is 4.68 Å². The molecule has 0 saturated heterocycles. The summed E-state index contributed by atoms with van der Waals surface area (Å²) in [4.78, 5) is 12.2. The summed E-state index contributed by atoms with van der Waals surface area (Å²) in [6.07, 6.45) is 0.730. The van der Waals surface area contributed by atoms with Crippen molar-refractivity contribution in [3.8, 4) is 5.69 Å². The van der Waals surface area contributed by atoms with Crippen LogP contribution < -0.4 is 5.56 Å². The summed E-state index contributed by atoms with van der Waals surface area (Å²) in [7, 11) is 0. The highest BCUT2D eigenvalue weighted by molar-refractivity contribution is 6.31. The summed E-state index contributed by atoms with van der Waals surface area (Å²) >= 11 is 6.07. The number of rotatable bonds is 2. The van der Waals surface area contributed by atoms with Crippen LogP contribution in [0.2, 0.25) is 5.02 Å². The molecule has 1 heterocycles. The fourth-order valence-electron chi connectivity index (χ4n) is 2.01. The van der Waals surface area contributed by atoms with Gasteiger partial charge in [-0.2, -0.15) is 0 Å². The number of hydrogen-bond acceptors (Lipinski definition) is 1. The lowest BCUT2D eigenvalue weighted by Gasteiger charge is -2.07. The molecular weight excluding hydrogens is 236 g/mol. The lowest BCUT2D eigenvalue weighted by molar-refractivity contribution is 0.828. The summed E-state index contributed by atoms with van der Waals surface area (Å²) in [5.41, 5.74) is 3.46. The van der Waals surface area contributed by atoms with Gasteiger partial charge in [0, 0.05) is 16.3 Å². The van der Waals surface area contributed by atoms with Crippen LogP contribution in [-0.2, 0) is 6.42 Å². The van der Waals surface area contributed by atoms with Gasteiger partial charge in [0.05, 0.1) is 5.69 Å². The van der Waals surface area contributed by atoms with Crippen LogP contribution in [0, 0.1) is 13.8 Å². The van der Waals surface area contributed by atoms with Crippen molar-refractivity contribution < 1.29 is 0 Å². The summed E-state index contributed by atoms with van der Waals surface area (Å²) in [5.74, 6) is 0. The van der Waals surface area contributed by atoms with Crippen molar-refractivity contribution in [1.29, 1.82) is 0 Å². The summed E-state index contributed by atoms with van der Waals surface area (Å²) in [5, 5.41) is 3.76. The van der Waals surface area contributed by atoms with Crippen LogP contribution in [-0.4, -0.2) is 9.78 Å². The van der Waals surface area contributed by atoms with E-state index < -0.39 is 0 Å². The van der Waals surface area contributed by atoms with Crippen molar-refractivity contribution in [2.45, 2.75) is 27.2 Å². The highest BCUT2D eigenvalue weighted by atomic mass is 35.5. The molecule has 0 aliphatic carbocycles. The van der Waals surface area contributed by atoms with Crippen LogP contribution in [0.4, 0.5) is 0 Å². The predicted molar refractivity (Wildman–Crippen MR) is 70.3 cm³/mol. The van der Waals surface area contributed by atoms with Gasteiger partial charge in [0.2, 0.25) is 0 Å². The minimum absolute atomic E-state index is 0.00960. The molecule has 0 bridgehead atoms. The second-order valence-electron chi connectivity index (χ2n) is 4.09. The van der Waals surface area contributed by atoms with E-state index in [0.29, 0.717) is 5.02 Å². The normalized spacial score (nSPS) is 10.8. The molecule has 0 aliphatic rings. The number of hydrogen-bond donors (Lipinski definition) is 1. The Kier molecular flexibility index (Phi) is 3.11. The Balaban J connectivity index is 2.70. The topological polar surface area (TPSA) is 37.8 Å². The molecule has 0 unspecified atom stereocenters. The van der Waals surface area contributed by atoms with Crippen LogP contribution in [0.3, 0.4) is 0 Å². The van der Waals surface area contributed by atoms with Crippen molar-refractivity contribution in [2.75, 3.05) is 0 Å². The smallest absolute Gasteiger partial charge is 0.274 e. The van der Waals surface area contributed by atoms with Crippen LogP contribution in [0.1, 0.15) is 23.7 Å². The Morgan fingerprint density at radius 3 is 2.65 bits per heavy atom. The van der Waals surface area contributed by atoms with Gasteiger partial charge in [-0.1, -0.05) is 24.6 Å². The molecule has 90 valence electrons. The number of benzene rings is 1. The molecule has 0 aliphatic heterocycles. The zero-order valence-corrected chi connectivity index (χ0v) is 10.9. The van der Waals surface area contributed by atoms with Gasteiger partial charge < -0.3 is 0 Å². The third-order valence-corrected chi connectivity index (χ3v) is 3.44. The van der Waals surface area contributed by atoms with Crippen molar-refractivity contribution in [3.05, 3.63) is 50.4 Å². The Hall–Kier alpha value is -1.48. The standard InChI is InChI=1S/C13H15ClN2O/c1-4-10-9(3)15-16(13(10)17)12-7-5-6-11(14)8(12)2/h5-7,15H,4H2,1-3H3. The second-order valence-corrected chi connectivity index (χ2v) is 4.50. The minimum atomic E-state index is 0.00960. The first-order chi connectivity index (χ1) is 8.06. The van der Waals surface area contributed by atoms with Gasteiger partial charge >= 0.3 is 0 Å². The minimum Gasteiger partial charge on any atom is -0.295 e. The molecular formula is C13H15ClN2O. The Labute approximate surface area is 105 Å². The monoisotopic (exact) mass is 250 g/mol. The number of aromatic nitrogens is 2. The molecule has 0 saturated carbocycles. The largest absolute Gasteiger partial charge is 0.295 e. The number of aryl methyl sites for hydroxylation is 1. The van der Waals surface area contributed by atoms with Crippen LogP contribution >= 0.6 is 11.6 Å². The van der Waals surface area contributed by atoms with E-state index in [-0.39, 0.29) is 5.56 Å². The average molecular weight is 251 g/mol. The zero-order valence-electron chi connectivity index (χ0n) is 10.2. The Morgan fingerprint density at radius 1 is 1.35 bits per heavy atom. The summed E-state index contributed by atoms with van der Waals surface area (Å²) < 4.78 is 1.56. The molecule has 0 atom stereocenters. The third kappa shape index (κ3) is 1.91. The highest BCUT2D eigenvalue weighted by Gasteiger charge is 2.12. The van der Waals surface area contributed by atoms with E-state index in [1.54, 1.807) is 4.68 Å². The van der Waals surface area contributed by atoms with Crippen molar-refractivity contribution in [1.82, 2.24) is 9.78 Å². The van der Waals surface area contributed by atoms with Crippen LogP contribution in [0.15, 0.2) is 23.0 Å². The zero-order chi connectivity index (χ0) is 12.6. The number of nitrogens with zero attached hydrogens (tertiary/aromatic N) is 1. The maximum absolute atomic E-state index is 12.2. The van der Waals surface area contributed by atoms with Crippen LogP contribution in [0.25, 0.3) is 5.69 Å². The van der Waals surface area contributed by atoms with Gasteiger partial charge in [-0.3, -0.25) is 9.89 Å². The van der Waals surface area contributed by atoms with Gasteiger partial charge in [-0.15, -0.1) is 0 Å². The number of halogens is 1. The summed E-state index contributed by atoms with van der Waals surface area (Å²) in [6.45, 7) is 5.80. The van der Waals surface area contributed by atoms with E-state index in [1.165, 1.54) is 0 Å². The summed E-state index contributed by atoms with van der Waals surface area (Å²) in [6, 6.07) is 5.55. The molecule has 0 fully saturated rings. The maximum atomic E-state index is 12.2. The molecule has 2 aromatic rings. The van der Waals surface area contributed by atoms with Gasteiger partial charge in [0.25, 0.3) is 5.56 Å². The molecule has 0 radical (unpaired) electrons. The molecule has 0 amide bonds. The van der Waals surface area contributed by atoms with Gasteiger partial charge in [0.1, 0.15) is 0 Å². The molecule has 1 aromatic heterocycles. The van der Waals surface area contributed by atoms with Crippen molar-refractivity contribution in [3.63, 3.8) is 0 Å². The average Bonchev–Trinajstić information content (AvgIpc) is 2.58. The maximum Gasteiger partial charge on any atom is 0.274 e. The molecule has 1 aromatic carbocycles. The molecule has 17 heavy (non-hydrogen) atoms. The fraction of sp³-hybridized carbons (Fsp3) is 0.308. The van der Waals surface area contributed by atoms with E-state index in [9.17, 15) is 4.79 Å². The third-order valence-electron chi connectivity index (χ3n) is 3.03. The Morgan fingerprint density at radius 2 is 2.06 bits per heavy atom. The lowest BCUT2D eigenvalue weighted by Crippen LogP contribution is -2.17. The first-order valence-electron chi connectivity index (χ1n) is 5.62. The highest BCUT2D eigenvalue weighted by Crippen LogP contribution is 2.21. The predicted octanol–water partition coefficient (Wildman–Crippen LogP) is 3.00. The number of nitrogens with one attached hydrogen (secondary N) is 1. The van der Waals surface area contributed by atoms with Crippen LogP contribution in [0.5, 0.6) is 0 Å². The van der Waals surface area contributed by atoms with E-state index in [4.69, 9.17) is 11.6 Å². The quantitative estimate of drug-likeness (QED) is 0.874. The SMILES string of the molecule is CCc1c(C)[nH]n(-c2cccc(Cl)c2C)c1=O. The number of H-pyrrole nitrogens is 1. The second kappa shape index (κ2) is 4.41. The lowest BCUT2D eigenvalue weighted by atomic mass is 10.2. The molecule has 3 nitrogen and oxygen atoms in total. The van der Waals surface area contributed by atoms with E-state index in [0.717, 1.165) is 28.9 Å². The van der Waals surface area contributed by atoms with E-state index in [2.05, 4.69) is 5.10 Å². The molecule has 1 N–H and O–H groups in total. The van der Waals surface area contributed by atoms with E-state index in [1.807, 2.05) is 39.0 Å². The first kappa shape index (κ1) is 12.0. The molecule has 0 spiro atoms. The molecule has 4 heteroatoms. The Bertz CT molecular complexity index is 610. The van der Waals surface area contributed by atoms with Crippen molar-refractivity contribution >= 4 is 11.6 Å².